The first kappa shape index (κ1) is 13.9. The fraction of sp³-hybridized carbons (Fsp3) is 0.438. The Morgan fingerprint density at radius 2 is 2.33 bits per heavy atom. The lowest BCUT2D eigenvalue weighted by atomic mass is 10.1. The third-order valence-electron chi connectivity index (χ3n) is 3.74. The predicted molar refractivity (Wildman–Crippen MR) is 80.6 cm³/mol. The molecule has 1 atom stereocenters. The van der Waals surface area contributed by atoms with E-state index in [1.54, 1.807) is 7.11 Å². The van der Waals surface area contributed by atoms with Gasteiger partial charge in [0.05, 0.1) is 26.4 Å². The molecule has 1 saturated heterocycles. The maximum atomic E-state index is 11.0. The van der Waals surface area contributed by atoms with Gasteiger partial charge >= 0.3 is 0 Å². The molecule has 0 unspecified atom stereocenters. The highest BCUT2D eigenvalue weighted by atomic mass is 16.6. The van der Waals surface area contributed by atoms with E-state index in [0.29, 0.717) is 12.6 Å². The van der Waals surface area contributed by atoms with Crippen LogP contribution in [0.2, 0.25) is 0 Å². The van der Waals surface area contributed by atoms with Crippen molar-refractivity contribution in [2.75, 3.05) is 20.3 Å². The van der Waals surface area contributed by atoms with Gasteiger partial charge in [-0.3, -0.25) is 4.79 Å². The standard InChI is InChI=1S/C16H20N2O3/c1-11(19)17-6-5-12-8-18(9-14-10-21-14)16-4-3-13(20-2)7-15(12)16/h3-4,7-8,14H,5-6,9-10H2,1-2H3,(H,17,19)/t14-/m0/s1. The van der Waals surface area contributed by atoms with E-state index in [4.69, 9.17) is 9.47 Å². The van der Waals surface area contributed by atoms with E-state index in [9.17, 15) is 4.79 Å². The van der Waals surface area contributed by atoms with Gasteiger partial charge in [0.15, 0.2) is 0 Å². The van der Waals surface area contributed by atoms with Gasteiger partial charge in [0.25, 0.3) is 0 Å². The van der Waals surface area contributed by atoms with Gasteiger partial charge in [0.2, 0.25) is 5.91 Å². The Bertz CT molecular complexity index is 659. The van der Waals surface area contributed by atoms with Crippen LogP contribution >= 0.6 is 0 Å². The van der Waals surface area contributed by atoms with Crippen LogP contribution in [0.25, 0.3) is 10.9 Å². The van der Waals surface area contributed by atoms with Gasteiger partial charge in [-0.15, -0.1) is 0 Å². The summed E-state index contributed by atoms with van der Waals surface area (Å²) in [5, 5.41) is 4.03. The monoisotopic (exact) mass is 288 g/mol. The molecule has 1 aliphatic heterocycles. The fourth-order valence-electron chi connectivity index (χ4n) is 2.59. The van der Waals surface area contributed by atoms with E-state index < -0.39 is 0 Å². The van der Waals surface area contributed by atoms with Crippen LogP contribution in [0.4, 0.5) is 0 Å². The summed E-state index contributed by atoms with van der Waals surface area (Å²) in [6, 6.07) is 6.12. The fourth-order valence-corrected chi connectivity index (χ4v) is 2.59. The molecule has 2 aromatic rings. The summed E-state index contributed by atoms with van der Waals surface area (Å²) in [6.07, 6.45) is 3.31. The van der Waals surface area contributed by atoms with Gasteiger partial charge in [0, 0.05) is 30.6 Å². The topological polar surface area (TPSA) is 55.8 Å². The summed E-state index contributed by atoms with van der Waals surface area (Å²) in [7, 11) is 1.67. The molecule has 1 N–H and O–H groups in total. The first-order valence-electron chi connectivity index (χ1n) is 7.19. The molecule has 112 valence electrons. The predicted octanol–water partition coefficient (Wildman–Crippen LogP) is 1.73. The minimum atomic E-state index is 0.00250. The number of carbonyl (C=O) groups is 1. The van der Waals surface area contributed by atoms with Gasteiger partial charge in [-0.05, 0) is 30.2 Å². The van der Waals surface area contributed by atoms with Crippen LogP contribution in [0.15, 0.2) is 24.4 Å². The zero-order chi connectivity index (χ0) is 14.8. The maximum absolute atomic E-state index is 11.0. The molecule has 3 rings (SSSR count). The molecule has 0 bridgehead atoms. The number of fused-ring (bicyclic) bond motifs is 1. The summed E-state index contributed by atoms with van der Waals surface area (Å²) >= 11 is 0. The van der Waals surface area contributed by atoms with E-state index in [0.717, 1.165) is 25.3 Å². The quantitative estimate of drug-likeness (QED) is 0.824. The Hall–Kier alpha value is -2.01. The minimum absolute atomic E-state index is 0.00250. The molecule has 1 fully saturated rings. The van der Waals surface area contributed by atoms with Gasteiger partial charge in [-0.25, -0.2) is 0 Å². The molecule has 2 heterocycles. The van der Waals surface area contributed by atoms with Crippen LogP contribution in [0.1, 0.15) is 12.5 Å². The van der Waals surface area contributed by atoms with Gasteiger partial charge in [0.1, 0.15) is 5.75 Å². The lowest BCUT2D eigenvalue weighted by Gasteiger charge is -2.04. The molecule has 1 aliphatic rings. The molecule has 5 nitrogen and oxygen atoms in total. The van der Waals surface area contributed by atoms with E-state index >= 15 is 0 Å². The maximum Gasteiger partial charge on any atom is 0.216 e. The summed E-state index contributed by atoms with van der Waals surface area (Å²) in [4.78, 5) is 11.0. The highest BCUT2D eigenvalue weighted by molar-refractivity contribution is 5.85. The van der Waals surface area contributed by atoms with Crippen molar-refractivity contribution in [3.63, 3.8) is 0 Å². The third kappa shape index (κ3) is 3.19. The summed E-state index contributed by atoms with van der Waals surface area (Å²) < 4.78 is 12.9. The molecule has 0 aliphatic carbocycles. The third-order valence-corrected chi connectivity index (χ3v) is 3.74. The van der Waals surface area contributed by atoms with Crippen LogP contribution in [0, 0.1) is 0 Å². The summed E-state index contributed by atoms with van der Waals surface area (Å²) in [5.41, 5.74) is 2.41. The molecular formula is C16H20N2O3. The first-order chi connectivity index (χ1) is 10.2. The molecule has 0 saturated carbocycles. The second-order valence-corrected chi connectivity index (χ2v) is 5.38. The SMILES string of the molecule is COc1ccc2c(c1)c(CCNC(C)=O)cn2C[C@H]1CO1. The highest BCUT2D eigenvalue weighted by Crippen LogP contribution is 2.27. The van der Waals surface area contributed by atoms with Crippen molar-refractivity contribution >= 4 is 16.8 Å². The minimum Gasteiger partial charge on any atom is -0.497 e. The van der Waals surface area contributed by atoms with Crippen molar-refractivity contribution in [3.05, 3.63) is 30.0 Å². The van der Waals surface area contributed by atoms with Gasteiger partial charge < -0.3 is 19.4 Å². The van der Waals surface area contributed by atoms with Gasteiger partial charge in [-0.1, -0.05) is 0 Å². The van der Waals surface area contributed by atoms with E-state index in [2.05, 4.69) is 28.2 Å². The molecule has 1 amide bonds. The number of aromatic nitrogens is 1. The van der Waals surface area contributed by atoms with Crippen LogP contribution in [0.3, 0.4) is 0 Å². The zero-order valence-electron chi connectivity index (χ0n) is 12.4. The Balaban J connectivity index is 1.89. The number of benzene rings is 1. The Morgan fingerprint density at radius 1 is 1.52 bits per heavy atom. The van der Waals surface area contributed by atoms with E-state index in [-0.39, 0.29) is 5.91 Å². The molecule has 21 heavy (non-hydrogen) atoms. The number of carbonyl (C=O) groups excluding carboxylic acids is 1. The molecule has 1 aromatic heterocycles. The molecule has 1 aromatic carbocycles. The Morgan fingerprint density at radius 3 is 3.00 bits per heavy atom. The lowest BCUT2D eigenvalue weighted by Crippen LogP contribution is -2.22. The number of hydrogen-bond donors (Lipinski definition) is 1. The summed E-state index contributed by atoms with van der Waals surface area (Å²) in [5.74, 6) is 0.853. The van der Waals surface area contributed by atoms with Crippen LogP contribution in [0.5, 0.6) is 5.75 Å². The smallest absolute Gasteiger partial charge is 0.216 e. The van der Waals surface area contributed by atoms with Crippen molar-refractivity contribution in [1.29, 1.82) is 0 Å². The number of rotatable bonds is 6. The van der Waals surface area contributed by atoms with Crippen molar-refractivity contribution < 1.29 is 14.3 Å². The number of nitrogens with zero attached hydrogens (tertiary/aromatic N) is 1. The van der Waals surface area contributed by atoms with Crippen molar-refractivity contribution in [2.45, 2.75) is 26.0 Å². The normalized spacial score (nSPS) is 17.0. The number of amides is 1. The van der Waals surface area contributed by atoms with E-state index in [1.807, 2.05) is 6.07 Å². The highest BCUT2D eigenvalue weighted by Gasteiger charge is 2.24. The number of nitrogens with one attached hydrogen (secondary N) is 1. The zero-order valence-corrected chi connectivity index (χ0v) is 12.4. The van der Waals surface area contributed by atoms with Crippen molar-refractivity contribution in [3.8, 4) is 5.75 Å². The van der Waals surface area contributed by atoms with Crippen LogP contribution in [-0.2, 0) is 22.5 Å². The first-order valence-corrected chi connectivity index (χ1v) is 7.19. The Labute approximate surface area is 123 Å². The molecule has 5 heteroatoms. The average Bonchev–Trinajstić information content (AvgIpc) is 3.22. The Kier molecular flexibility index (Phi) is 3.84. The molecule has 0 spiro atoms. The summed E-state index contributed by atoms with van der Waals surface area (Å²) in [6.45, 7) is 3.91. The second-order valence-electron chi connectivity index (χ2n) is 5.38. The van der Waals surface area contributed by atoms with Crippen molar-refractivity contribution in [1.82, 2.24) is 9.88 Å². The number of ether oxygens (including phenoxy) is 2. The van der Waals surface area contributed by atoms with Gasteiger partial charge in [-0.2, -0.15) is 0 Å². The van der Waals surface area contributed by atoms with Crippen LogP contribution in [-0.4, -0.2) is 36.8 Å². The second kappa shape index (κ2) is 5.77. The number of epoxide rings is 1. The average molecular weight is 288 g/mol. The number of methoxy groups -OCH3 is 1. The van der Waals surface area contributed by atoms with E-state index in [1.165, 1.54) is 23.4 Å². The lowest BCUT2D eigenvalue weighted by molar-refractivity contribution is -0.118. The van der Waals surface area contributed by atoms with Crippen molar-refractivity contribution in [2.24, 2.45) is 0 Å². The molecular weight excluding hydrogens is 268 g/mol. The number of hydrogen-bond acceptors (Lipinski definition) is 3. The largest absolute Gasteiger partial charge is 0.497 e. The molecule has 0 radical (unpaired) electrons. The van der Waals surface area contributed by atoms with Crippen LogP contribution < -0.4 is 10.1 Å².